The van der Waals surface area contributed by atoms with Gasteiger partial charge in [-0.05, 0) is 39.3 Å². The summed E-state index contributed by atoms with van der Waals surface area (Å²) in [4.78, 5) is 13.6. The molecule has 0 spiro atoms. The molecule has 1 atom stereocenters. The van der Waals surface area contributed by atoms with Gasteiger partial charge < -0.3 is 9.84 Å². The minimum absolute atomic E-state index is 0.00543. The predicted molar refractivity (Wildman–Crippen MR) is 103 cm³/mol. The molecule has 0 radical (unpaired) electrons. The zero-order valence-electron chi connectivity index (χ0n) is 15.6. The summed E-state index contributed by atoms with van der Waals surface area (Å²) in [6.07, 6.45) is 4.58. The Bertz CT molecular complexity index is 677. The minimum atomic E-state index is 0.00543. The van der Waals surface area contributed by atoms with Crippen LogP contribution in [0.1, 0.15) is 66.9 Å². The van der Waals surface area contributed by atoms with Gasteiger partial charge in [-0.2, -0.15) is 0 Å². The maximum absolute atomic E-state index is 12.6. The van der Waals surface area contributed by atoms with Crippen LogP contribution in [0.5, 0.6) is 0 Å². The maximum Gasteiger partial charge on any atom is 0.252 e. The van der Waals surface area contributed by atoms with Crippen molar-refractivity contribution in [3.63, 3.8) is 0 Å². The lowest BCUT2D eigenvalue weighted by Gasteiger charge is -2.15. The van der Waals surface area contributed by atoms with Crippen LogP contribution in [-0.2, 0) is 5.75 Å². The second-order valence-electron chi connectivity index (χ2n) is 6.46. The lowest BCUT2D eigenvalue weighted by atomic mass is 10.1. The molecule has 4 nitrogen and oxygen atoms in total. The van der Waals surface area contributed by atoms with Gasteiger partial charge in [-0.15, -0.1) is 11.8 Å². The van der Waals surface area contributed by atoms with E-state index in [-0.39, 0.29) is 11.9 Å². The van der Waals surface area contributed by atoms with Gasteiger partial charge in [-0.1, -0.05) is 43.5 Å². The number of benzene rings is 1. The molecule has 0 aliphatic carbocycles. The Morgan fingerprint density at radius 2 is 2.04 bits per heavy atom. The third kappa shape index (κ3) is 5.63. The van der Waals surface area contributed by atoms with E-state index in [2.05, 4.69) is 24.3 Å². The summed E-state index contributed by atoms with van der Waals surface area (Å²) in [5.74, 6) is 1.60. The summed E-state index contributed by atoms with van der Waals surface area (Å²) >= 11 is 1.65. The number of nitrogens with one attached hydrogen (secondary N) is 1. The van der Waals surface area contributed by atoms with E-state index in [0.717, 1.165) is 46.1 Å². The van der Waals surface area contributed by atoms with E-state index >= 15 is 0 Å². The summed E-state index contributed by atoms with van der Waals surface area (Å²) in [7, 11) is 0. The van der Waals surface area contributed by atoms with Crippen molar-refractivity contribution >= 4 is 17.7 Å². The fourth-order valence-corrected chi connectivity index (χ4v) is 3.92. The Balaban J connectivity index is 2.00. The van der Waals surface area contributed by atoms with Gasteiger partial charge in [-0.25, -0.2) is 0 Å². The molecule has 0 saturated carbocycles. The van der Waals surface area contributed by atoms with Crippen LogP contribution < -0.4 is 5.32 Å². The molecule has 1 aromatic carbocycles. The SMILES string of the molecule is CCCCCC(C)NC(=O)c1ccccc1SCc1c(C)noc1C. The number of aromatic nitrogens is 1. The lowest BCUT2D eigenvalue weighted by Crippen LogP contribution is -2.32. The molecule has 0 aliphatic heterocycles. The van der Waals surface area contributed by atoms with Crippen molar-refractivity contribution in [1.82, 2.24) is 10.5 Å². The van der Waals surface area contributed by atoms with Crippen molar-refractivity contribution < 1.29 is 9.32 Å². The highest BCUT2D eigenvalue weighted by Crippen LogP contribution is 2.28. The molecule has 0 fully saturated rings. The average Bonchev–Trinajstić information content (AvgIpc) is 2.91. The summed E-state index contributed by atoms with van der Waals surface area (Å²) < 4.78 is 5.22. The van der Waals surface area contributed by atoms with E-state index in [1.807, 2.05) is 38.1 Å². The molecule has 0 saturated heterocycles. The highest BCUT2D eigenvalue weighted by atomic mass is 32.2. The van der Waals surface area contributed by atoms with Gasteiger partial charge in [0.1, 0.15) is 5.76 Å². The number of hydrogen-bond donors (Lipinski definition) is 1. The molecule has 0 bridgehead atoms. The first-order valence-electron chi connectivity index (χ1n) is 8.97. The first-order valence-corrected chi connectivity index (χ1v) is 9.96. The van der Waals surface area contributed by atoms with Crippen molar-refractivity contribution in [2.45, 2.75) is 70.1 Å². The fraction of sp³-hybridized carbons (Fsp3) is 0.500. The van der Waals surface area contributed by atoms with Crippen molar-refractivity contribution in [3.8, 4) is 0 Å². The average molecular weight is 361 g/mol. The number of rotatable bonds is 9. The molecule has 1 N–H and O–H groups in total. The predicted octanol–water partition coefficient (Wildman–Crippen LogP) is 5.28. The van der Waals surface area contributed by atoms with Gasteiger partial charge in [0.15, 0.2) is 0 Å². The van der Waals surface area contributed by atoms with Gasteiger partial charge in [0.2, 0.25) is 0 Å². The maximum atomic E-state index is 12.6. The third-order valence-electron chi connectivity index (χ3n) is 4.30. The number of nitrogens with zero attached hydrogens (tertiary/aromatic N) is 1. The quantitative estimate of drug-likeness (QED) is 0.488. The molecule has 25 heavy (non-hydrogen) atoms. The standard InChI is InChI=1S/C20H28N2O2S/c1-5-6-7-10-14(2)21-20(23)17-11-8-9-12-19(17)25-13-18-15(3)22-24-16(18)4/h8-9,11-12,14H,5-7,10,13H2,1-4H3,(H,21,23). The van der Waals surface area contributed by atoms with E-state index in [9.17, 15) is 4.79 Å². The minimum Gasteiger partial charge on any atom is -0.361 e. The van der Waals surface area contributed by atoms with Crippen molar-refractivity contribution in [3.05, 3.63) is 46.8 Å². The number of aryl methyl sites for hydroxylation is 2. The highest BCUT2D eigenvalue weighted by Gasteiger charge is 2.15. The van der Waals surface area contributed by atoms with E-state index in [1.54, 1.807) is 11.8 Å². The van der Waals surface area contributed by atoms with Gasteiger partial charge in [0, 0.05) is 22.3 Å². The van der Waals surface area contributed by atoms with Gasteiger partial charge in [-0.3, -0.25) is 4.79 Å². The van der Waals surface area contributed by atoms with Crippen molar-refractivity contribution in [2.75, 3.05) is 0 Å². The third-order valence-corrected chi connectivity index (χ3v) is 5.40. The van der Waals surface area contributed by atoms with E-state index in [4.69, 9.17) is 4.52 Å². The zero-order chi connectivity index (χ0) is 18.2. The smallest absolute Gasteiger partial charge is 0.252 e. The molecule has 1 unspecified atom stereocenters. The number of unbranched alkanes of at least 4 members (excludes halogenated alkanes) is 2. The summed E-state index contributed by atoms with van der Waals surface area (Å²) in [6.45, 7) is 8.14. The topological polar surface area (TPSA) is 55.1 Å². The van der Waals surface area contributed by atoms with E-state index in [1.165, 1.54) is 12.8 Å². The molecule has 0 aliphatic rings. The van der Waals surface area contributed by atoms with Gasteiger partial charge in [0.05, 0.1) is 11.3 Å². The van der Waals surface area contributed by atoms with Crippen LogP contribution in [0, 0.1) is 13.8 Å². The molecule has 5 heteroatoms. The zero-order valence-corrected chi connectivity index (χ0v) is 16.4. The van der Waals surface area contributed by atoms with Gasteiger partial charge in [0.25, 0.3) is 5.91 Å². The Morgan fingerprint density at radius 1 is 1.28 bits per heavy atom. The molecule has 2 aromatic rings. The summed E-state index contributed by atoms with van der Waals surface area (Å²) in [6, 6.07) is 7.97. The number of carbonyl (C=O) groups is 1. The Morgan fingerprint density at radius 3 is 2.72 bits per heavy atom. The second-order valence-corrected chi connectivity index (χ2v) is 7.48. The number of amides is 1. The van der Waals surface area contributed by atoms with Crippen LogP contribution in [-0.4, -0.2) is 17.1 Å². The van der Waals surface area contributed by atoms with Crippen LogP contribution in [0.2, 0.25) is 0 Å². The summed E-state index contributed by atoms with van der Waals surface area (Å²) in [5, 5.41) is 7.12. The number of thioether (sulfide) groups is 1. The summed E-state index contributed by atoms with van der Waals surface area (Å²) in [5.41, 5.74) is 2.76. The molecule has 136 valence electrons. The normalized spacial score (nSPS) is 12.2. The Kier molecular flexibility index (Phi) is 7.56. The molecular formula is C20H28N2O2S. The molecule has 1 amide bonds. The van der Waals surface area contributed by atoms with Crippen LogP contribution >= 0.6 is 11.8 Å². The monoisotopic (exact) mass is 360 g/mol. The Labute approximate surface area is 154 Å². The number of carbonyl (C=O) groups excluding carboxylic acids is 1. The molecular weight excluding hydrogens is 332 g/mol. The van der Waals surface area contributed by atoms with Crippen LogP contribution in [0.3, 0.4) is 0 Å². The van der Waals surface area contributed by atoms with Crippen molar-refractivity contribution in [2.24, 2.45) is 0 Å². The van der Waals surface area contributed by atoms with Crippen LogP contribution in [0.4, 0.5) is 0 Å². The molecule has 1 aromatic heterocycles. The fourth-order valence-electron chi connectivity index (χ4n) is 2.71. The van der Waals surface area contributed by atoms with E-state index in [0.29, 0.717) is 0 Å². The Hall–Kier alpha value is -1.75. The van der Waals surface area contributed by atoms with E-state index < -0.39 is 0 Å². The van der Waals surface area contributed by atoms with Crippen molar-refractivity contribution in [1.29, 1.82) is 0 Å². The van der Waals surface area contributed by atoms with Crippen LogP contribution in [0.25, 0.3) is 0 Å². The molecule has 1 heterocycles. The van der Waals surface area contributed by atoms with Gasteiger partial charge >= 0.3 is 0 Å². The second kappa shape index (κ2) is 9.66. The van der Waals surface area contributed by atoms with Crippen LogP contribution in [0.15, 0.2) is 33.7 Å². The largest absolute Gasteiger partial charge is 0.361 e. The first kappa shape index (κ1) is 19.6. The lowest BCUT2D eigenvalue weighted by molar-refractivity contribution is 0.0935. The number of hydrogen-bond acceptors (Lipinski definition) is 4. The first-order chi connectivity index (χ1) is 12.0. The highest BCUT2D eigenvalue weighted by molar-refractivity contribution is 7.98. The molecule has 2 rings (SSSR count).